The van der Waals surface area contributed by atoms with Gasteiger partial charge in [0.05, 0.1) is 6.04 Å². The largest absolute Gasteiger partial charge is 0.436 e. The number of nitrogens with zero attached hydrogens (tertiary/aromatic N) is 4. The van der Waals surface area contributed by atoms with E-state index >= 15 is 0 Å². The van der Waals surface area contributed by atoms with Crippen LogP contribution in [0.15, 0.2) is 52.9 Å². The molecule has 3 aromatic rings. The molecule has 1 aromatic heterocycles. The van der Waals surface area contributed by atoms with E-state index in [1.165, 1.54) is 4.90 Å². The molecule has 0 spiro atoms. The van der Waals surface area contributed by atoms with Crippen LogP contribution in [0.5, 0.6) is 0 Å². The number of fused-ring (bicyclic) bond motifs is 2. The molecule has 9 heteroatoms. The fourth-order valence-corrected chi connectivity index (χ4v) is 4.43. The molecule has 0 saturated carbocycles. The summed E-state index contributed by atoms with van der Waals surface area (Å²) in [6.45, 7) is 2.53. The molecule has 0 unspecified atom stereocenters. The van der Waals surface area contributed by atoms with Crippen molar-refractivity contribution in [2.45, 2.75) is 19.0 Å². The predicted octanol–water partition coefficient (Wildman–Crippen LogP) is 2.40. The highest BCUT2D eigenvalue weighted by Gasteiger charge is 2.47. The van der Waals surface area contributed by atoms with E-state index < -0.39 is 6.04 Å². The Morgan fingerprint density at radius 1 is 1.16 bits per heavy atom. The number of hydrogen-bond donors (Lipinski definition) is 1. The smallest absolute Gasteiger partial charge is 0.321 e. The highest BCUT2D eigenvalue weighted by atomic mass is 16.3. The van der Waals surface area contributed by atoms with E-state index in [0.717, 1.165) is 5.56 Å². The monoisotopic (exact) mass is 433 g/mol. The van der Waals surface area contributed by atoms with Crippen molar-refractivity contribution in [1.82, 2.24) is 19.7 Å². The van der Waals surface area contributed by atoms with Crippen LogP contribution in [0.3, 0.4) is 0 Å². The van der Waals surface area contributed by atoms with Crippen LogP contribution >= 0.6 is 0 Å². The molecule has 2 aliphatic rings. The van der Waals surface area contributed by atoms with Gasteiger partial charge < -0.3 is 24.4 Å². The lowest BCUT2D eigenvalue weighted by molar-refractivity contribution is -0.139. The number of benzene rings is 2. The number of nitrogens with one attached hydrogen (secondary N) is 1. The Balaban J connectivity index is 1.27. The molecule has 2 atom stereocenters. The average molecular weight is 433 g/mol. The summed E-state index contributed by atoms with van der Waals surface area (Å²) in [6, 6.07) is 13.9. The van der Waals surface area contributed by atoms with Crippen LogP contribution in [0.4, 0.5) is 10.5 Å². The molecular formula is C23H23N5O4. The number of anilines is 1. The van der Waals surface area contributed by atoms with Gasteiger partial charge in [-0.3, -0.25) is 9.59 Å². The molecule has 2 aliphatic heterocycles. The molecule has 2 saturated heterocycles. The van der Waals surface area contributed by atoms with E-state index in [0.29, 0.717) is 35.8 Å². The second-order valence-electron chi connectivity index (χ2n) is 8.23. The Hall–Kier alpha value is -3.88. The van der Waals surface area contributed by atoms with Crippen LogP contribution in [0.1, 0.15) is 6.92 Å². The van der Waals surface area contributed by atoms with Crippen molar-refractivity contribution in [2.75, 3.05) is 32.0 Å². The first-order valence-electron chi connectivity index (χ1n) is 10.5. The number of likely N-dealkylation sites (N-methyl/N-ethyl adjacent to an activating group) is 1. The fraction of sp³-hybridized carbons (Fsp3) is 0.304. The molecular weight excluding hydrogens is 410 g/mol. The number of urea groups is 1. The Morgan fingerprint density at radius 2 is 1.94 bits per heavy atom. The molecule has 3 heterocycles. The Bertz CT molecular complexity index is 1210. The molecule has 2 aromatic carbocycles. The van der Waals surface area contributed by atoms with Crippen LogP contribution in [-0.2, 0) is 9.59 Å². The van der Waals surface area contributed by atoms with Gasteiger partial charge in [-0.1, -0.05) is 18.2 Å². The first kappa shape index (κ1) is 20.0. The van der Waals surface area contributed by atoms with Gasteiger partial charge in [0, 0.05) is 31.4 Å². The minimum absolute atomic E-state index is 0.0808. The van der Waals surface area contributed by atoms with Gasteiger partial charge in [-0.05, 0) is 37.3 Å². The number of carbonyl (C=O) groups excluding carboxylic acids is 3. The summed E-state index contributed by atoms with van der Waals surface area (Å²) in [7, 11) is 1.74. The van der Waals surface area contributed by atoms with Gasteiger partial charge in [-0.25, -0.2) is 9.78 Å². The van der Waals surface area contributed by atoms with Gasteiger partial charge in [-0.2, -0.15) is 0 Å². The Kier molecular flexibility index (Phi) is 4.80. The molecule has 1 N–H and O–H groups in total. The molecule has 32 heavy (non-hydrogen) atoms. The standard InChI is InChI=1S/C23H23N5O4/c1-14-22(30)26(2)11-17-12-27(23(31)28(14)17)13-20(29)24-16-8-9-19-18(10-16)25-21(32-19)15-6-4-3-5-7-15/h3-10,14,17H,11-13H2,1-2H3,(H,24,29)/t14-,17+/m0/s1. The lowest BCUT2D eigenvalue weighted by atomic mass is 10.1. The molecule has 5 rings (SSSR count). The maximum atomic E-state index is 12.8. The van der Waals surface area contributed by atoms with E-state index in [2.05, 4.69) is 10.3 Å². The van der Waals surface area contributed by atoms with E-state index in [4.69, 9.17) is 4.42 Å². The number of aromatic nitrogens is 1. The van der Waals surface area contributed by atoms with Crippen molar-refractivity contribution in [3.8, 4) is 11.5 Å². The number of hydrogen-bond acceptors (Lipinski definition) is 5. The van der Waals surface area contributed by atoms with E-state index in [1.807, 2.05) is 30.3 Å². The lowest BCUT2D eigenvalue weighted by Crippen LogP contribution is -2.58. The van der Waals surface area contributed by atoms with Crippen molar-refractivity contribution >= 4 is 34.6 Å². The van der Waals surface area contributed by atoms with Crippen molar-refractivity contribution in [1.29, 1.82) is 0 Å². The van der Waals surface area contributed by atoms with Crippen LogP contribution < -0.4 is 5.32 Å². The average Bonchev–Trinajstić information content (AvgIpc) is 3.33. The Morgan fingerprint density at radius 3 is 2.72 bits per heavy atom. The highest BCUT2D eigenvalue weighted by molar-refractivity contribution is 5.97. The normalized spacial score (nSPS) is 20.8. The van der Waals surface area contributed by atoms with Gasteiger partial charge in [0.2, 0.25) is 17.7 Å². The first-order chi connectivity index (χ1) is 15.4. The highest BCUT2D eigenvalue weighted by Crippen LogP contribution is 2.27. The maximum Gasteiger partial charge on any atom is 0.321 e. The number of rotatable bonds is 4. The summed E-state index contributed by atoms with van der Waals surface area (Å²) >= 11 is 0. The minimum Gasteiger partial charge on any atom is -0.436 e. The number of oxazole rings is 1. The summed E-state index contributed by atoms with van der Waals surface area (Å²) in [5.41, 5.74) is 2.70. The van der Waals surface area contributed by atoms with Gasteiger partial charge in [0.25, 0.3) is 0 Å². The summed E-state index contributed by atoms with van der Waals surface area (Å²) in [5, 5.41) is 2.83. The zero-order valence-corrected chi connectivity index (χ0v) is 17.8. The summed E-state index contributed by atoms with van der Waals surface area (Å²) in [6.07, 6.45) is 0. The van der Waals surface area contributed by atoms with Crippen molar-refractivity contribution in [3.05, 3.63) is 48.5 Å². The summed E-state index contributed by atoms with van der Waals surface area (Å²) in [5.74, 6) is 0.116. The van der Waals surface area contributed by atoms with E-state index in [1.54, 1.807) is 42.0 Å². The van der Waals surface area contributed by atoms with E-state index in [-0.39, 0.29) is 30.4 Å². The molecule has 0 aliphatic carbocycles. The molecule has 0 radical (unpaired) electrons. The Labute approximate surface area is 184 Å². The second kappa shape index (κ2) is 7.67. The quantitative estimate of drug-likeness (QED) is 0.681. The van der Waals surface area contributed by atoms with Crippen LogP contribution in [0.2, 0.25) is 0 Å². The van der Waals surface area contributed by atoms with Gasteiger partial charge in [-0.15, -0.1) is 0 Å². The SMILES string of the molecule is C[C@H]1C(=O)N(C)C[C@@H]2CN(CC(=O)Nc3ccc4oc(-c5ccccc5)nc4c3)C(=O)N21. The van der Waals surface area contributed by atoms with Gasteiger partial charge in [0.1, 0.15) is 18.1 Å². The van der Waals surface area contributed by atoms with Crippen molar-refractivity contribution in [3.63, 3.8) is 0 Å². The maximum absolute atomic E-state index is 12.8. The van der Waals surface area contributed by atoms with E-state index in [9.17, 15) is 14.4 Å². The summed E-state index contributed by atoms with van der Waals surface area (Å²) in [4.78, 5) is 46.9. The zero-order valence-electron chi connectivity index (χ0n) is 17.8. The first-order valence-corrected chi connectivity index (χ1v) is 10.5. The van der Waals surface area contributed by atoms with Gasteiger partial charge in [0.15, 0.2) is 5.58 Å². The van der Waals surface area contributed by atoms with Crippen LogP contribution in [0.25, 0.3) is 22.6 Å². The summed E-state index contributed by atoms with van der Waals surface area (Å²) < 4.78 is 5.80. The predicted molar refractivity (Wildman–Crippen MR) is 118 cm³/mol. The van der Waals surface area contributed by atoms with Crippen LogP contribution in [-0.4, -0.2) is 76.3 Å². The van der Waals surface area contributed by atoms with Gasteiger partial charge >= 0.3 is 6.03 Å². The molecule has 9 nitrogen and oxygen atoms in total. The van der Waals surface area contributed by atoms with Crippen molar-refractivity contribution < 1.29 is 18.8 Å². The lowest BCUT2D eigenvalue weighted by Gasteiger charge is -2.38. The number of piperazine rings is 1. The minimum atomic E-state index is -0.521. The third-order valence-corrected chi connectivity index (χ3v) is 5.98. The molecule has 4 amide bonds. The second-order valence-corrected chi connectivity index (χ2v) is 8.23. The van der Waals surface area contributed by atoms with Crippen molar-refractivity contribution in [2.24, 2.45) is 0 Å². The zero-order chi connectivity index (χ0) is 22.4. The molecule has 164 valence electrons. The van der Waals surface area contributed by atoms with Crippen LogP contribution in [0, 0.1) is 0 Å². The fourth-order valence-electron chi connectivity index (χ4n) is 4.43. The molecule has 2 fully saturated rings. The number of carbonyl (C=O) groups is 3. The third-order valence-electron chi connectivity index (χ3n) is 5.98. The topological polar surface area (TPSA) is 99.0 Å². The molecule has 0 bridgehead atoms. The third kappa shape index (κ3) is 3.45. The number of amides is 4.